The van der Waals surface area contributed by atoms with Crippen LogP contribution in [0.3, 0.4) is 0 Å². The SMILES string of the molecule is COC(=O)N1Cc2c(N)n[nH]c2C1(C)C. The third-order valence-corrected chi connectivity index (χ3v) is 2.90. The second-order valence-electron chi connectivity index (χ2n) is 4.08. The van der Waals surface area contributed by atoms with Crippen LogP contribution in [0.4, 0.5) is 10.6 Å². The first-order chi connectivity index (χ1) is 6.98. The van der Waals surface area contributed by atoms with Gasteiger partial charge in [-0.25, -0.2) is 4.79 Å². The first-order valence-corrected chi connectivity index (χ1v) is 4.67. The van der Waals surface area contributed by atoms with Crippen molar-refractivity contribution in [2.24, 2.45) is 0 Å². The molecule has 6 heteroatoms. The number of carbonyl (C=O) groups excluding carboxylic acids is 1. The largest absolute Gasteiger partial charge is 0.453 e. The molecule has 6 nitrogen and oxygen atoms in total. The highest BCUT2D eigenvalue weighted by Crippen LogP contribution is 2.39. The zero-order valence-electron chi connectivity index (χ0n) is 9.00. The second kappa shape index (κ2) is 2.88. The topological polar surface area (TPSA) is 84.2 Å². The van der Waals surface area contributed by atoms with Crippen LogP contribution in [-0.4, -0.2) is 28.3 Å². The summed E-state index contributed by atoms with van der Waals surface area (Å²) in [5.74, 6) is 0.449. The fourth-order valence-corrected chi connectivity index (χ4v) is 1.94. The molecule has 2 heterocycles. The van der Waals surface area contributed by atoms with Crippen LogP contribution < -0.4 is 5.73 Å². The quantitative estimate of drug-likeness (QED) is 0.663. The van der Waals surface area contributed by atoms with Crippen molar-refractivity contribution in [3.05, 3.63) is 11.3 Å². The molecule has 0 unspecified atom stereocenters. The lowest BCUT2D eigenvalue weighted by Gasteiger charge is -2.30. The molecule has 1 aromatic rings. The molecule has 1 aromatic heterocycles. The van der Waals surface area contributed by atoms with Crippen LogP contribution in [0.2, 0.25) is 0 Å². The summed E-state index contributed by atoms with van der Waals surface area (Å²) in [6, 6.07) is 0. The number of methoxy groups -OCH3 is 1. The summed E-state index contributed by atoms with van der Waals surface area (Å²) in [5, 5.41) is 6.79. The van der Waals surface area contributed by atoms with Gasteiger partial charge in [-0.05, 0) is 13.8 Å². The van der Waals surface area contributed by atoms with Gasteiger partial charge in [-0.1, -0.05) is 0 Å². The number of H-pyrrole nitrogens is 1. The molecule has 0 radical (unpaired) electrons. The number of ether oxygens (including phenoxy) is 1. The minimum absolute atomic E-state index is 0.357. The van der Waals surface area contributed by atoms with Crippen molar-refractivity contribution in [3.8, 4) is 0 Å². The molecular formula is C9H14N4O2. The van der Waals surface area contributed by atoms with E-state index in [-0.39, 0.29) is 6.09 Å². The maximum absolute atomic E-state index is 11.5. The van der Waals surface area contributed by atoms with E-state index in [9.17, 15) is 4.79 Å². The van der Waals surface area contributed by atoms with E-state index in [4.69, 9.17) is 10.5 Å². The lowest BCUT2D eigenvalue weighted by atomic mass is 10.0. The van der Waals surface area contributed by atoms with Crippen LogP contribution in [-0.2, 0) is 16.8 Å². The highest BCUT2D eigenvalue weighted by atomic mass is 16.5. The maximum Gasteiger partial charge on any atom is 0.410 e. The van der Waals surface area contributed by atoms with Crippen molar-refractivity contribution in [1.29, 1.82) is 0 Å². The van der Waals surface area contributed by atoms with Crippen molar-refractivity contribution >= 4 is 11.9 Å². The van der Waals surface area contributed by atoms with Crippen molar-refractivity contribution in [3.63, 3.8) is 0 Å². The maximum atomic E-state index is 11.5. The zero-order chi connectivity index (χ0) is 11.2. The molecule has 1 amide bonds. The minimum Gasteiger partial charge on any atom is -0.453 e. The Bertz CT molecular complexity index is 410. The third-order valence-electron chi connectivity index (χ3n) is 2.90. The average Bonchev–Trinajstić information content (AvgIpc) is 2.66. The summed E-state index contributed by atoms with van der Waals surface area (Å²) < 4.78 is 4.72. The predicted octanol–water partition coefficient (Wildman–Crippen LogP) is 0.809. The van der Waals surface area contributed by atoms with Gasteiger partial charge in [0, 0.05) is 5.56 Å². The summed E-state index contributed by atoms with van der Waals surface area (Å²) in [5.41, 5.74) is 7.00. The van der Waals surface area contributed by atoms with Crippen molar-refractivity contribution < 1.29 is 9.53 Å². The fourth-order valence-electron chi connectivity index (χ4n) is 1.94. The van der Waals surface area contributed by atoms with E-state index in [0.29, 0.717) is 12.4 Å². The number of aromatic amines is 1. The van der Waals surface area contributed by atoms with Gasteiger partial charge in [-0.2, -0.15) is 5.10 Å². The number of carbonyl (C=O) groups is 1. The number of rotatable bonds is 0. The van der Waals surface area contributed by atoms with Crippen molar-refractivity contribution in [2.75, 3.05) is 12.8 Å². The van der Waals surface area contributed by atoms with Gasteiger partial charge in [0.25, 0.3) is 0 Å². The van der Waals surface area contributed by atoms with Gasteiger partial charge < -0.3 is 10.5 Å². The number of nitrogens with two attached hydrogens (primary N) is 1. The molecule has 0 spiro atoms. The van der Waals surface area contributed by atoms with Crippen LogP contribution in [0.5, 0.6) is 0 Å². The van der Waals surface area contributed by atoms with Gasteiger partial charge in [-0.15, -0.1) is 0 Å². The monoisotopic (exact) mass is 210 g/mol. The zero-order valence-corrected chi connectivity index (χ0v) is 9.00. The highest BCUT2D eigenvalue weighted by Gasteiger charge is 2.43. The lowest BCUT2D eigenvalue weighted by molar-refractivity contribution is 0.0812. The minimum atomic E-state index is -0.451. The van der Waals surface area contributed by atoms with Gasteiger partial charge in [-0.3, -0.25) is 10.00 Å². The number of nitrogens with zero attached hydrogens (tertiary/aromatic N) is 2. The number of aromatic nitrogens is 2. The molecule has 0 saturated heterocycles. The van der Waals surface area contributed by atoms with Gasteiger partial charge in [0.15, 0.2) is 5.82 Å². The predicted molar refractivity (Wildman–Crippen MR) is 54.0 cm³/mol. The average molecular weight is 210 g/mol. The molecule has 15 heavy (non-hydrogen) atoms. The van der Waals surface area contributed by atoms with Crippen LogP contribution in [0.15, 0.2) is 0 Å². The second-order valence-corrected chi connectivity index (χ2v) is 4.08. The summed E-state index contributed by atoms with van der Waals surface area (Å²) in [4.78, 5) is 13.2. The Morgan fingerprint density at radius 2 is 2.33 bits per heavy atom. The molecule has 0 aromatic carbocycles. The smallest absolute Gasteiger partial charge is 0.410 e. The first-order valence-electron chi connectivity index (χ1n) is 4.67. The number of anilines is 1. The normalized spacial score (nSPS) is 17.7. The molecule has 0 bridgehead atoms. The van der Waals surface area contributed by atoms with Crippen molar-refractivity contribution in [2.45, 2.75) is 25.9 Å². The van der Waals surface area contributed by atoms with Crippen LogP contribution in [0.1, 0.15) is 25.1 Å². The van der Waals surface area contributed by atoms with Crippen LogP contribution >= 0.6 is 0 Å². The molecule has 2 rings (SSSR count). The molecule has 1 aliphatic heterocycles. The summed E-state index contributed by atoms with van der Waals surface area (Å²) in [6.45, 7) is 4.29. The molecular weight excluding hydrogens is 196 g/mol. The Hall–Kier alpha value is -1.72. The number of hydrogen-bond acceptors (Lipinski definition) is 4. The van der Waals surface area contributed by atoms with E-state index in [1.807, 2.05) is 13.8 Å². The molecule has 0 atom stereocenters. The Morgan fingerprint density at radius 1 is 1.67 bits per heavy atom. The molecule has 0 saturated carbocycles. The molecule has 82 valence electrons. The van der Waals surface area contributed by atoms with E-state index < -0.39 is 5.54 Å². The van der Waals surface area contributed by atoms with E-state index in [1.165, 1.54) is 7.11 Å². The molecule has 3 N–H and O–H groups in total. The summed E-state index contributed by atoms with van der Waals surface area (Å²) >= 11 is 0. The Morgan fingerprint density at radius 3 is 2.87 bits per heavy atom. The van der Waals surface area contributed by atoms with E-state index in [2.05, 4.69) is 10.2 Å². The molecule has 0 aliphatic carbocycles. The van der Waals surface area contributed by atoms with Gasteiger partial charge in [0.05, 0.1) is 24.9 Å². The molecule has 0 fully saturated rings. The number of fused-ring (bicyclic) bond motifs is 1. The lowest BCUT2D eigenvalue weighted by Crippen LogP contribution is -2.40. The van der Waals surface area contributed by atoms with Gasteiger partial charge >= 0.3 is 6.09 Å². The fraction of sp³-hybridized carbons (Fsp3) is 0.556. The number of nitrogens with one attached hydrogen (secondary N) is 1. The van der Waals surface area contributed by atoms with Crippen LogP contribution in [0, 0.1) is 0 Å². The van der Waals surface area contributed by atoms with Crippen LogP contribution in [0.25, 0.3) is 0 Å². The highest BCUT2D eigenvalue weighted by molar-refractivity contribution is 5.71. The van der Waals surface area contributed by atoms with Gasteiger partial charge in [0.2, 0.25) is 0 Å². The number of nitrogen functional groups attached to an aromatic ring is 1. The van der Waals surface area contributed by atoms with E-state index >= 15 is 0 Å². The van der Waals surface area contributed by atoms with Crippen molar-refractivity contribution in [1.82, 2.24) is 15.1 Å². The van der Waals surface area contributed by atoms with E-state index in [1.54, 1.807) is 4.90 Å². The first kappa shape index (κ1) is 9.82. The number of hydrogen-bond donors (Lipinski definition) is 2. The third kappa shape index (κ3) is 1.17. The number of amides is 1. The standard InChI is InChI=1S/C9H14N4O2/c1-9(2)6-5(7(10)12-11-6)4-13(9)8(14)15-3/h4H2,1-3H3,(H3,10,11,12). The van der Waals surface area contributed by atoms with E-state index in [0.717, 1.165) is 11.3 Å². The Kier molecular flexibility index (Phi) is 1.89. The summed E-state index contributed by atoms with van der Waals surface area (Å²) in [6.07, 6.45) is -0.357. The Balaban J connectivity index is 2.42. The van der Waals surface area contributed by atoms with Gasteiger partial charge in [0.1, 0.15) is 0 Å². The molecule has 1 aliphatic rings. The summed E-state index contributed by atoms with van der Waals surface area (Å²) in [7, 11) is 1.37. The Labute approximate surface area is 87.4 Å².